The van der Waals surface area contributed by atoms with Crippen molar-refractivity contribution in [2.75, 3.05) is 0 Å². The van der Waals surface area contributed by atoms with Crippen LogP contribution >= 0.6 is 0 Å². The van der Waals surface area contributed by atoms with Gasteiger partial charge in [-0.1, -0.05) is 64.3 Å². The molecule has 0 spiro atoms. The van der Waals surface area contributed by atoms with Crippen LogP contribution in [0.15, 0.2) is 11.1 Å². The van der Waals surface area contributed by atoms with Gasteiger partial charge < -0.3 is 4.43 Å². The van der Waals surface area contributed by atoms with E-state index in [0.717, 1.165) is 0 Å². The Morgan fingerprint density at radius 2 is 1.25 bits per heavy atom. The summed E-state index contributed by atoms with van der Waals surface area (Å²) in [6.45, 7) is 33.0. The Hall–Kier alpha value is 0.568. The van der Waals surface area contributed by atoms with Crippen molar-refractivity contribution < 1.29 is 4.43 Å². The van der Waals surface area contributed by atoms with E-state index in [1.54, 1.807) is 11.1 Å². The van der Waals surface area contributed by atoms with E-state index in [1.807, 2.05) is 0 Å². The van der Waals surface area contributed by atoms with Crippen LogP contribution in [0.5, 0.6) is 0 Å². The minimum atomic E-state index is -1.62. The van der Waals surface area contributed by atoms with E-state index in [4.69, 9.17) is 4.43 Å². The fraction of sp³-hybridized carbons (Fsp3) is 0.895. The maximum absolute atomic E-state index is 7.35. The highest BCUT2D eigenvalue weighted by atomic mass is 29.6. The first kappa shape index (κ1) is 22.6. The van der Waals surface area contributed by atoms with E-state index in [0.29, 0.717) is 5.92 Å². The maximum atomic E-state index is 7.35. The van der Waals surface area contributed by atoms with Crippen LogP contribution in [-0.4, -0.2) is 35.8 Å². The zero-order valence-corrected chi connectivity index (χ0v) is 22.9. The molecule has 1 heterocycles. The normalized spacial score (nSPS) is 26.2. The third kappa shape index (κ3) is 3.66. The van der Waals surface area contributed by atoms with Crippen molar-refractivity contribution >= 4 is 30.6 Å². The van der Waals surface area contributed by atoms with E-state index < -0.39 is 30.6 Å². The Kier molecular flexibility index (Phi) is 6.24. The van der Waals surface area contributed by atoms with E-state index in [9.17, 15) is 0 Å². The van der Waals surface area contributed by atoms with Crippen LogP contribution in [0.2, 0.25) is 65.0 Å². The first-order valence-corrected chi connectivity index (χ1v) is 24.4. The van der Waals surface area contributed by atoms with Crippen LogP contribution in [0.25, 0.3) is 0 Å². The lowest BCUT2D eigenvalue weighted by atomic mass is 9.96. The molecule has 1 aliphatic rings. The van der Waals surface area contributed by atoms with Crippen LogP contribution in [-0.2, 0) is 4.43 Å². The molecule has 0 N–H and O–H groups in total. The largest absolute Gasteiger partial charge is 0.415 e. The average molecular weight is 401 g/mol. The molecule has 0 aliphatic carbocycles. The molecular formula is C19H44OSi4. The lowest BCUT2D eigenvalue weighted by Crippen LogP contribution is -2.86. The smallest absolute Gasteiger partial charge is 0.184 e. The van der Waals surface area contributed by atoms with E-state index in [1.165, 1.54) is 12.5 Å². The van der Waals surface area contributed by atoms with E-state index in [2.05, 4.69) is 86.6 Å². The summed E-state index contributed by atoms with van der Waals surface area (Å²) in [4.78, 5) is 0. The van der Waals surface area contributed by atoms with Gasteiger partial charge in [0.2, 0.25) is 0 Å². The molecule has 5 heteroatoms. The van der Waals surface area contributed by atoms with Gasteiger partial charge in [-0.2, -0.15) is 0 Å². The van der Waals surface area contributed by atoms with Gasteiger partial charge in [0.25, 0.3) is 0 Å². The lowest BCUT2D eigenvalue weighted by Gasteiger charge is -2.66. The highest BCUT2D eigenvalue weighted by Gasteiger charge is 2.69. The van der Waals surface area contributed by atoms with E-state index >= 15 is 0 Å². The number of hydrogen-bond acceptors (Lipinski definition) is 1. The number of hydrogen-bond donors (Lipinski definition) is 0. The second-order valence-electron chi connectivity index (χ2n) is 11.6. The Bertz CT molecular complexity index is 489. The fourth-order valence-corrected chi connectivity index (χ4v) is 60.2. The van der Waals surface area contributed by atoms with Crippen molar-refractivity contribution in [1.29, 1.82) is 0 Å². The maximum Gasteiger partial charge on any atom is 0.184 e. The fourth-order valence-electron chi connectivity index (χ4n) is 5.80. The third-order valence-electron chi connectivity index (χ3n) is 6.49. The van der Waals surface area contributed by atoms with Crippen molar-refractivity contribution in [1.82, 2.24) is 0 Å². The zero-order chi connectivity index (χ0) is 19.4. The molecule has 24 heavy (non-hydrogen) atoms. The minimum absolute atomic E-state index is 0.163. The predicted molar refractivity (Wildman–Crippen MR) is 122 cm³/mol. The van der Waals surface area contributed by atoms with Gasteiger partial charge in [0.05, 0.1) is 7.11 Å². The molecule has 0 aromatic heterocycles. The van der Waals surface area contributed by atoms with Crippen molar-refractivity contribution in [3.63, 3.8) is 0 Å². The second kappa shape index (κ2) is 6.62. The van der Waals surface area contributed by atoms with Crippen LogP contribution < -0.4 is 0 Å². The van der Waals surface area contributed by atoms with E-state index in [-0.39, 0.29) is 5.22 Å². The molecular weight excluding hydrogens is 357 g/mol. The molecule has 1 rings (SSSR count). The Balaban J connectivity index is 3.89. The quantitative estimate of drug-likeness (QED) is 0.364. The van der Waals surface area contributed by atoms with Gasteiger partial charge in [-0.05, 0) is 51.9 Å². The summed E-state index contributed by atoms with van der Waals surface area (Å²) in [5.74, 6) is 0.623. The summed E-state index contributed by atoms with van der Waals surface area (Å²) >= 11 is 0. The zero-order valence-electron chi connectivity index (χ0n) is 18.9. The van der Waals surface area contributed by atoms with Crippen LogP contribution in [0.1, 0.15) is 34.1 Å². The highest BCUT2D eigenvalue weighted by molar-refractivity contribution is 7.69. The van der Waals surface area contributed by atoms with Gasteiger partial charge in [-0.25, -0.2) is 0 Å². The second-order valence-corrected chi connectivity index (χ2v) is 43.6. The molecule has 0 fully saturated rings. The Morgan fingerprint density at radius 3 is 1.54 bits per heavy atom. The first-order chi connectivity index (χ1) is 10.4. The molecule has 0 aromatic carbocycles. The van der Waals surface area contributed by atoms with Crippen molar-refractivity contribution in [3.05, 3.63) is 11.1 Å². The molecule has 1 aliphatic heterocycles. The molecule has 0 bridgehead atoms. The van der Waals surface area contributed by atoms with Gasteiger partial charge in [0.15, 0.2) is 8.32 Å². The molecule has 1 nitrogen and oxygen atoms in total. The summed E-state index contributed by atoms with van der Waals surface area (Å²) in [5.41, 5.74) is 3.34. The van der Waals surface area contributed by atoms with Crippen molar-refractivity contribution in [2.24, 2.45) is 5.92 Å². The van der Waals surface area contributed by atoms with Crippen LogP contribution in [0.4, 0.5) is 0 Å². The monoisotopic (exact) mass is 400 g/mol. The summed E-state index contributed by atoms with van der Waals surface area (Å²) in [5, 5.41) is 0.163. The summed E-state index contributed by atoms with van der Waals surface area (Å²) < 4.78 is 7.35. The van der Waals surface area contributed by atoms with Crippen molar-refractivity contribution in [2.45, 2.75) is 104 Å². The molecule has 1 unspecified atom stereocenters. The van der Waals surface area contributed by atoms with Gasteiger partial charge in [-0.15, -0.1) is 0 Å². The van der Waals surface area contributed by atoms with Crippen LogP contribution in [0, 0.1) is 5.92 Å². The third-order valence-corrected chi connectivity index (χ3v) is 48.6. The minimum Gasteiger partial charge on any atom is -0.415 e. The first-order valence-electron chi connectivity index (χ1n) is 9.77. The van der Waals surface area contributed by atoms with Gasteiger partial charge >= 0.3 is 0 Å². The SMILES string of the molecule is CC1=C(C)C[Si]([Si](C)(C)C)([Si](C)(C)C)C(O[Si](C)(C)C)(C(C)C)C1. The molecule has 1 atom stereocenters. The summed E-state index contributed by atoms with van der Waals surface area (Å²) in [6, 6.07) is 1.41. The van der Waals surface area contributed by atoms with Gasteiger partial charge in [0, 0.05) is 20.4 Å². The summed E-state index contributed by atoms with van der Waals surface area (Å²) in [7, 11) is -5.93. The molecule has 0 saturated carbocycles. The van der Waals surface area contributed by atoms with Crippen molar-refractivity contribution in [3.8, 4) is 0 Å². The Morgan fingerprint density at radius 1 is 0.833 bits per heavy atom. The standard InChI is InChI=1S/C19H44OSi4/c1-16(2)19(20-21(5,6)7)14-17(3)18(4)15-24(19,22(8,9)10)23(11,12)13/h16H,14-15H2,1-13H3. The highest BCUT2D eigenvalue weighted by Crippen LogP contribution is 2.54. The van der Waals surface area contributed by atoms with Gasteiger partial charge in [0.1, 0.15) is 0 Å². The molecule has 142 valence electrons. The molecule has 0 amide bonds. The van der Waals surface area contributed by atoms with Crippen LogP contribution in [0.3, 0.4) is 0 Å². The lowest BCUT2D eigenvalue weighted by molar-refractivity contribution is 0.0871. The molecule has 0 saturated heterocycles. The predicted octanol–water partition coefficient (Wildman–Crippen LogP) is 6.79. The molecule has 0 aromatic rings. The topological polar surface area (TPSA) is 9.23 Å². The molecule has 0 radical (unpaired) electrons. The van der Waals surface area contributed by atoms with Gasteiger partial charge in [-0.3, -0.25) is 0 Å². The number of rotatable bonds is 5. The Labute approximate surface area is 156 Å². The summed E-state index contributed by atoms with van der Waals surface area (Å²) in [6.07, 6.45) is 1.21. The average Bonchev–Trinajstić information content (AvgIpc) is 2.27. The number of allylic oxidation sites excluding steroid dienone is 1.